The van der Waals surface area contributed by atoms with Gasteiger partial charge >= 0.3 is 5.97 Å². The molecular formula is C12H17NO3. The molecule has 0 saturated carbocycles. The first-order chi connectivity index (χ1) is 7.59. The minimum absolute atomic E-state index is 0.261. The van der Waals surface area contributed by atoms with Crippen molar-refractivity contribution >= 4 is 5.97 Å². The Morgan fingerprint density at radius 3 is 2.44 bits per heavy atom. The minimum atomic E-state index is -0.940. The van der Waals surface area contributed by atoms with Crippen LogP contribution in [0.2, 0.25) is 0 Å². The Morgan fingerprint density at radius 1 is 1.25 bits per heavy atom. The molecule has 0 aliphatic rings. The molecule has 4 N–H and O–H groups in total. The van der Waals surface area contributed by atoms with E-state index in [9.17, 15) is 4.79 Å². The van der Waals surface area contributed by atoms with Gasteiger partial charge in [0.15, 0.2) is 0 Å². The van der Waals surface area contributed by atoms with Crippen molar-refractivity contribution in [1.82, 2.24) is 0 Å². The number of benzene rings is 1. The number of carbonyl (C=O) groups is 1. The smallest absolute Gasteiger partial charge is 0.320 e. The van der Waals surface area contributed by atoms with E-state index < -0.39 is 12.0 Å². The average molecular weight is 223 g/mol. The largest absolute Gasteiger partial charge is 0.508 e. The molecule has 1 atom stereocenters. The van der Waals surface area contributed by atoms with Gasteiger partial charge in [0.2, 0.25) is 0 Å². The van der Waals surface area contributed by atoms with E-state index in [0.29, 0.717) is 6.42 Å². The summed E-state index contributed by atoms with van der Waals surface area (Å²) in [5.41, 5.74) is 6.52. The van der Waals surface area contributed by atoms with E-state index in [1.165, 1.54) is 0 Å². The quantitative estimate of drug-likeness (QED) is 0.638. The molecule has 4 heteroatoms. The van der Waals surface area contributed by atoms with Gasteiger partial charge in [0.1, 0.15) is 11.8 Å². The molecule has 0 radical (unpaired) electrons. The number of phenolic OH excluding ortho intramolecular Hbond substituents is 1. The second-order valence-corrected chi connectivity index (χ2v) is 3.86. The molecule has 1 aromatic carbocycles. The molecule has 0 aliphatic carbocycles. The van der Waals surface area contributed by atoms with Crippen molar-refractivity contribution in [2.75, 3.05) is 0 Å². The Bertz CT molecular complexity index is 335. The molecule has 1 unspecified atom stereocenters. The van der Waals surface area contributed by atoms with E-state index in [0.717, 1.165) is 24.8 Å². The number of unbranched alkanes of at least 4 members (excludes halogenated alkanes) is 1. The van der Waals surface area contributed by atoms with Gasteiger partial charge in [0.25, 0.3) is 0 Å². The summed E-state index contributed by atoms with van der Waals surface area (Å²) in [6, 6.07) is 6.29. The van der Waals surface area contributed by atoms with E-state index in [2.05, 4.69) is 0 Å². The third-order valence-electron chi connectivity index (χ3n) is 2.48. The van der Waals surface area contributed by atoms with Crippen LogP contribution in [0.1, 0.15) is 24.8 Å². The lowest BCUT2D eigenvalue weighted by molar-refractivity contribution is -0.138. The number of hydrogen-bond donors (Lipinski definition) is 3. The summed E-state index contributed by atoms with van der Waals surface area (Å²) in [6.07, 6.45) is 3.10. The zero-order valence-electron chi connectivity index (χ0n) is 9.10. The van der Waals surface area contributed by atoms with Crippen molar-refractivity contribution in [2.45, 2.75) is 31.7 Å². The van der Waals surface area contributed by atoms with Crippen LogP contribution in [0.4, 0.5) is 0 Å². The van der Waals surface area contributed by atoms with Crippen LogP contribution >= 0.6 is 0 Å². The van der Waals surface area contributed by atoms with Crippen LogP contribution in [-0.4, -0.2) is 22.2 Å². The number of carboxylic acid groups (broad SMARTS) is 1. The van der Waals surface area contributed by atoms with Gasteiger partial charge in [-0.2, -0.15) is 0 Å². The van der Waals surface area contributed by atoms with E-state index in [1.807, 2.05) is 12.1 Å². The Balaban J connectivity index is 2.21. The number of carboxylic acids is 1. The Hall–Kier alpha value is -1.55. The predicted molar refractivity (Wildman–Crippen MR) is 61.3 cm³/mol. The van der Waals surface area contributed by atoms with Crippen LogP contribution < -0.4 is 5.73 Å². The summed E-state index contributed by atoms with van der Waals surface area (Å²) < 4.78 is 0. The summed E-state index contributed by atoms with van der Waals surface area (Å²) in [6.45, 7) is 0. The molecule has 0 aliphatic heterocycles. The monoisotopic (exact) mass is 223 g/mol. The van der Waals surface area contributed by atoms with Gasteiger partial charge in [-0.15, -0.1) is 0 Å². The van der Waals surface area contributed by atoms with Gasteiger partial charge in [-0.25, -0.2) is 0 Å². The fourth-order valence-corrected chi connectivity index (χ4v) is 1.48. The number of phenols is 1. The van der Waals surface area contributed by atoms with Crippen LogP contribution in [0.5, 0.6) is 5.75 Å². The highest BCUT2D eigenvalue weighted by Crippen LogP contribution is 2.12. The van der Waals surface area contributed by atoms with Gasteiger partial charge < -0.3 is 15.9 Å². The molecule has 16 heavy (non-hydrogen) atoms. The minimum Gasteiger partial charge on any atom is -0.508 e. The number of rotatable bonds is 6. The third-order valence-corrected chi connectivity index (χ3v) is 2.48. The van der Waals surface area contributed by atoms with E-state index in [-0.39, 0.29) is 5.75 Å². The number of hydrogen-bond acceptors (Lipinski definition) is 3. The van der Waals surface area contributed by atoms with Crippen LogP contribution in [0.3, 0.4) is 0 Å². The molecule has 0 heterocycles. The number of aryl methyl sites for hydroxylation is 1. The number of aromatic hydroxyl groups is 1. The first-order valence-electron chi connectivity index (χ1n) is 5.36. The maximum Gasteiger partial charge on any atom is 0.320 e. The molecule has 0 amide bonds. The number of aliphatic carboxylic acids is 1. The highest BCUT2D eigenvalue weighted by atomic mass is 16.4. The third kappa shape index (κ3) is 4.31. The van der Waals surface area contributed by atoms with Gasteiger partial charge in [-0.05, 0) is 37.0 Å². The lowest BCUT2D eigenvalue weighted by atomic mass is 10.0. The zero-order valence-corrected chi connectivity index (χ0v) is 9.10. The van der Waals surface area contributed by atoms with E-state index in [1.54, 1.807) is 12.1 Å². The van der Waals surface area contributed by atoms with Crippen LogP contribution in [0.15, 0.2) is 24.3 Å². The highest BCUT2D eigenvalue weighted by molar-refractivity contribution is 5.72. The lowest BCUT2D eigenvalue weighted by Crippen LogP contribution is -2.29. The van der Waals surface area contributed by atoms with Gasteiger partial charge in [-0.1, -0.05) is 18.6 Å². The first-order valence-corrected chi connectivity index (χ1v) is 5.36. The summed E-state index contributed by atoms with van der Waals surface area (Å²) in [5, 5.41) is 17.7. The van der Waals surface area contributed by atoms with Crippen molar-refractivity contribution in [3.8, 4) is 5.75 Å². The zero-order chi connectivity index (χ0) is 12.0. The molecule has 0 saturated heterocycles. The van der Waals surface area contributed by atoms with E-state index >= 15 is 0 Å². The van der Waals surface area contributed by atoms with Gasteiger partial charge in [0.05, 0.1) is 0 Å². The summed E-state index contributed by atoms with van der Waals surface area (Å²) in [5.74, 6) is -0.679. The average Bonchev–Trinajstić information content (AvgIpc) is 2.26. The van der Waals surface area contributed by atoms with Gasteiger partial charge in [0, 0.05) is 0 Å². The van der Waals surface area contributed by atoms with Gasteiger partial charge in [-0.3, -0.25) is 4.79 Å². The molecule has 0 fully saturated rings. The molecule has 4 nitrogen and oxygen atoms in total. The maximum atomic E-state index is 10.4. The van der Waals surface area contributed by atoms with Crippen LogP contribution in [-0.2, 0) is 11.2 Å². The fraction of sp³-hybridized carbons (Fsp3) is 0.417. The van der Waals surface area contributed by atoms with Crippen molar-refractivity contribution in [3.63, 3.8) is 0 Å². The maximum absolute atomic E-state index is 10.4. The standard InChI is InChI=1S/C12H17NO3/c13-11(12(15)16)4-2-1-3-9-5-7-10(14)8-6-9/h5-8,11,14H,1-4,13H2,(H,15,16). The van der Waals surface area contributed by atoms with Crippen molar-refractivity contribution < 1.29 is 15.0 Å². The van der Waals surface area contributed by atoms with Crippen molar-refractivity contribution in [1.29, 1.82) is 0 Å². The molecule has 1 aromatic rings. The molecule has 0 bridgehead atoms. The summed E-state index contributed by atoms with van der Waals surface area (Å²) in [4.78, 5) is 10.4. The Labute approximate surface area is 94.7 Å². The topological polar surface area (TPSA) is 83.5 Å². The van der Waals surface area contributed by atoms with E-state index in [4.69, 9.17) is 15.9 Å². The lowest BCUT2D eigenvalue weighted by Gasteiger charge is -2.05. The second-order valence-electron chi connectivity index (χ2n) is 3.86. The normalized spacial score (nSPS) is 12.3. The molecular weight excluding hydrogens is 206 g/mol. The fourth-order valence-electron chi connectivity index (χ4n) is 1.48. The molecule has 1 rings (SSSR count). The van der Waals surface area contributed by atoms with Crippen molar-refractivity contribution in [3.05, 3.63) is 29.8 Å². The molecule has 0 aromatic heterocycles. The Kier molecular flexibility index (Phi) is 4.79. The summed E-state index contributed by atoms with van der Waals surface area (Å²) in [7, 11) is 0. The second kappa shape index (κ2) is 6.12. The first kappa shape index (κ1) is 12.5. The number of nitrogens with two attached hydrogens (primary N) is 1. The summed E-state index contributed by atoms with van der Waals surface area (Å²) >= 11 is 0. The molecule has 0 spiro atoms. The molecule has 88 valence electrons. The SMILES string of the molecule is NC(CCCCc1ccc(O)cc1)C(=O)O. The predicted octanol–water partition coefficient (Wildman–Crippen LogP) is 1.52. The van der Waals surface area contributed by atoms with Crippen LogP contribution in [0, 0.1) is 0 Å². The van der Waals surface area contributed by atoms with Crippen molar-refractivity contribution in [2.24, 2.45) is 5.73 Å². The Morgan fingerprint density at radius 2 is 1.88 bits per heavy atom. The highest BCUT2D eigenvalue weighted by Gasteiger charge is 2.09. The van der Waals surface area contributed by atoms with Crippen LogP contribution in [0.25, 0.3) is 0 Å².